The number of aromatic nitrogens is 2. The minimum atomic E-state index is 1.21. The quantitative estimate of drug-likeness (QED) is 0.163. The highest BCUT2D eigenvalue weighted by Crippen LogP contribution is 2.42. The van der Waals surface area contributed by atoms with Crippen LogP contribution in [0.5, 0.6) is 0 Å². The first kappa shape index (κ1) is 65.8. The van der Waals surface area contributed by atoms with E-state index in [4.69, 9.17) is 0 Å². The van der Waals surface area contributed by atoms with Gasteiger partial charge in [-0.05, 0) is 165 Å². The maximum Gasteiger partial charge on any atom is 0.0622 e. The molecule has 0 saturated carbocycles. The number of aryl methyl sites for hydroxylation is 6. The van der Waals surface area contributed by atoms with E-state index in [0.717, 1.165) is 0 Å². The Morgan fingerprint density at radius 1 is 0.202 bits per heavy atom. The number of rotatable bonds is 2. The second-order valence-corrected chi connectivity index (χ2v) is 31.2. The van der Waals surface area contributed by atoms with Crippen LogP contribution in [-0.4, -0.2) is 9.13 Å². The molecule has 0 radical (unpaired) electrons. The van der Waals surface area contributed by atoms with Gasteiger partial charge in [0, 0.05) is 124 Å². The Labute approximate surface area is 621 Å². The van der Waals surface area contributed by atoms with Crippen molar-refractivity contribution in [1.82, 2.24) is 9.13 Å². The summed E-state index contributed by atoms with van der Waals surface area (Å²) in [6, 6.07) is 122. The van der Waals surface area contributed by atoms with E-state index in [0.29, 0.717) is 0 Å². The largest absolute Gasteiger partial charge is 0.309 e. The van der Waals surface area contributed by atoms with Gasteiger partial charge in [-0.3, -0.25) is 0 Å². The minimum Gasteiger partial charge on any atom is -0.309 e. The fraction of sp³-hybridized carbons (Fsp3) is 0.0612. The van der Waals surface area contributed by atoms with Crippen LogP contribution in [0.2, 0.25) is 0 Å². The molecule has 0 aliphatic rings. The zero-order valence-corrected chi connectivity index (χ0v) is 62.1. The molecular weight excluding hydrogens is 1330 g/mol. The van der Waals surface area contributed by atoms with Gasteiger partial charge in [0.05, 0.1) is 22.1 Å². The highest BCUT2D eigenvalue weighted by atomic mass is 32.1. The first-order valence-corrected chi connectivity index (χ1v) is 38.8. The van der Waals surface area contributed by atoms with E-state index >= 15 is 0 Å². The maximum atomic E-state index is 2.40. The molecule has 0 saturated heterocycles. The van der Waals surface area contributed by atoms with Crippen LogP contribution in [0.4, 0.5) is 0 Å². The van der Waals surface area contributed by atoms with Gasteiger partial charge in [-0.15, -0.1) is 45.3 Å². The van der Waals surface area contributed by atoms with Crippen molar-refractivity contribution in [1.29, 1.82) is 0 Å². The Balaban J connectivity index is 0.0000000941. The molecule has 6 aromatic heterocycles. The third-order valence-corrected chi connectivity index (χ3v) is 24.8. The van der Waals surface area contributed by atoms with Gasteiger partial charge >= 0.3 is 0 Å². The highest BCUT2D eigenvalue weighted by Gasteiger charge is 2.18. The van der Waals surface area contributed by atoms with Crippen LogP contribution < -0.4 is 0 Å². The van der Waals surface area contributed by atoms with Gasteiger partial charge in [-0.25, -0.2) is 0 Å². The van der Waals surface area contributed by atoms with Crippen molar-refractivity contribution in [3.05, 3.63) is 373 Å². The van der Waals surface area contributed by atoms with Crippen molar-refractivity contribution in [3.63, 3.8) is 0 Å². The maximum absolute atomic E-state index is 2.40. The summed E-state index contributed by atoms with van der Waals surface area (Å²) < 4.78 is 15.9. The SMILES string of the molecule is Cc1cc2ccccc2c2c1c1ccccc1n2-c1ccccc1.Cc1ccc2c(c1)sc1ccccc12.Cc1ccc2sc3ccccc3c2c1.Cc1cccc2c1ccc1c3ccccc3n(-c3ccccc3)c21.Cc1cccc2c1sc1ccccc12.Cc1cccc2sc3ccccc3c12. The number of nitrogens with zero attached hydrogens (tertiary/aromatic N) is 2. The lowest BCUT2D eigenvalue weighted by atomic mass is 10.0. The van der Waals surface area contributed by atoms with E-state index in [-0.39, 0.29) is 0 Å². The number of thiophene rings is 4. The molecule has 0 unspecified atom stereocenters. The smallest absolute Gasteiger partial charge is 0.0622 e. The molecule has 104 heavy (non-hydrogen) atoms. The Bertz CT molecular complexity index is 6910. The molecule has 0 aliphatic heterocycles. The lowest BCUT2D eigenvalue weighted by Gasteiger charge is -2.10. The number of fused-ring (bicyclic) bond motifs is 22. The summed E-state index contributed by atoms with van der Waals surface area (Å²) in [4.78, 5) is 0. The molecule has 22 rings (SSSR count). The zero-order valence-electron chi connectivity index (χ0n) is 58.9. The molecule has 0 fully saturated rings. The number of hydrogen-bond donors (Lipinski definition) is 0. The molecule has 500 valence electrons. The molecule has 0 bridgehead atoms. The molecule has 0 aliphatic carbocycles. The summed E-state index contributed by atoms with van der Waals surface area (Å²) in [5.41, 5.74) is 15.6. The summed E-state index contributed by atoms with van der Waals surface area (Å²) in [5, 5.41) is 21.7. The molecular formula is C98H74N2S4. The lowest BCUT2D eigenvalue weighted by molar-refractivity contribution is 1.19. The first-order chi connectivity index (χ1) is 51.1. The normalized spacial score (nSPS) is 11.4. The monoisotopic (exact) mass is 1410 g/mol. The minimum absolute atomic E-state index is 1.21. The van der Waals surface area contributed by atoms with Crippen LogP contribution >= 0.6 is 45.3 Å². The summed E-state index contributed by atoms with van der Waals surface area (Å²) in [5.74, 6) is 0. The molecule has 0 amide bonds. The molecule has 0 spiro atoms. The van der Waals surface area contributed by atoms with E-state index in [1.807, 2.05) is 45.3 Å². The van der Waals surface area contributed by atoms with Gasteiger partial charge < -0.3 is 9.13 Å². The third kappa shape index (κ3) is 12.3. The van der Waals surface area contributed by atoms with Crippen LogP contribution in [-0.2, 0) is 0 Å². The van der Waals surface area contributed by atoms with Crippen molar-refractivity contribution in [2.45, 2.75) is 41.5 Å². The summed E-state index contributed by atoms with van der Waals surface area (Å²) in [6.07, 6.45) is 0. The fourth-order valence-electron chi connectivity index (χ4n) is 15.2. The van der Waals surface area contributed by atoms with Gasteiger partial charge in [-0.2, -0.15) is 0 Å². The van der Waals surface area contributed by atoms with Crippen LogP contribution in [0.15, 0.2) is 340 Å². The number of benzene rings is 16. The van der Waals surface area contributed by atoms with E-state index < -0.39 is 0 Å². The Kier molecular flexibility index (Phi) is 18.0. The molecule has 6 heterocycles. The van der Waals surface area contributed by atoms with Crippen LogP contribution in [0, 0.1) is 41.5 Å². The van der Waals surface area contributed by atoms with Gasteiger partial charge in [0.25, 0.3) is 0 Å². The summed E-state index contributed by atoms with van der Waals surface area (Å²) >= 11 is 7.51. The average molecular weight is 1410 g/mol. The van der Waals surface area contributed by atoms with Crippen LogP contribution in [0.1, 0.15) is 33.4 Å². The summed E-state index contributed by atoms with van der Waals surface area (Å²) in [7, 11) is 0. The Morgan fingerprint density at radius 3 is 1.31 bits per heavy atom. The van der Waals surface area contributed by atoms with Crippen molar-refractivity contribution in [2.75, 3.05) is 0 Å². The second-order valence-electron chi connectivity index (χ2n) is 26.9. The van der Waals surface area contributed by atoms with Crippen molar-refractivity contribution in [3.8, 4) is 11.4 Å². The molecule has 0 atom stereocenters. The number of para-hydroxylation sites is 4. The molecule has 6 heteroatoms. The van der Waals surface area contributed by atoms with Gasteiger partial charge in [0.15, 0.2) is 0 Å². The third-order valence-electron chi connectivity index (χ3n) is 20.1. The van der Waals surface area contributed by atoms with Crippen LogP contribution in [0.3, 0.4) is 0 Å². The Hall–Kier alpha value is -11.5. The summed E-state index contributed by atoms with van der Waals surface area (Å²) in [6.45, 7) is 13.1. The van der Waals surface area contributed by atoms with Crippen LogP contribution in [0.25, 0.3) is 157 Å². The second kappa shape index (κ2) is 28.4. The fourth-order valence-corrected chi connectivity index (χ4v) is 19.9. The molecule has 22 aromatic rings. The Morgan fingerprint density at radius 2 is 0.615 bits per heavy atom. The van der Waals surface area contributed by atoms with E-state index in [1.54, 1.807) is 0 Å². The standard InChI is InChI=1S/2C23H17N.4C13H10S/c1-16-15-17-9-5-6-12-19(17)23-22(16)20-13-7-8-14-21(20)24(23)18-10-3-2-4-11-18;1-16-8-7-12-20-18(16)14-15-21-19-11-5-6-13-22(19)24(23(20)21)17-9-3-2-4-10-17;1-9-5-4-7-11-10-6-2-3-8-12(10)14-13(9)11;1-9-5-4-8-12-13(9)10-6-2-3-7-11(10)14-12;1-9-6-7-13-11(8-9)10-4-2-3-5-12(10)14-13;1-9-6-7-11-10-4-2-3-5-12(10)14-13(11)8-9/h2*2-15H,1H3;4*2-8H,1H3. The molecule has 16 aromatic carbocycles. The first-order valence-electron chi connectivity index (χ1n) is 35.5. The van der Waals surface area contributed by atoms with Crippen molar-refractivity contribution < 1.29 is 0 Å². The van der Waals surface area contributed by atoms with Gasteiger partial charge in [0.2, 0.25) is 0 Å². The van der Waals surface area contributed by atoms with Crippen molar-refractivity contribution >= 4 is 191 Å². The lowest BCUT2D eigenvalue weighted by Crippen LogP contribution is -1.94. The van der Waals surface area contributed by atoms with E-state index in [2.05, 4.69) is 390 Å². The molecule has 2 nitrogen and oxygen atoms in total. The van der Waals surface area contributed by atoms with Crippen molar-refractivity contribution in [2.24, 2.45) is 0 Å². The topological polar surface area (TPSA) is 9.86 Å². The highest BCUT2D eigenvalue weighted by molar-refractivity contribution is 7.27. The predicted molar refractivity (Wildman–Crippen MR) is 462 cm³/mol. The molecule has 0 N–H and O–H groups in total. The predicted octanol–water partition coefficient (Wildman–Crippen LogP) is 29.9. The average Bonchev–Trinajstić information content (AvgIpc) is 1.57. The van der Waals surface area contributed by atoms with E-state index in [9.17, 15) is 0 Å². The van der Waals surface area contributed by atoms with E-state index in [1.165, 1.54) is 191 Å². The zero-order chi connectivity index (χ0) is 70.4. The van der Waals surface area contributed by atoms with Gasteiger partial charge in [-0.1, -0.05) is 260 Å². The number of hydrogen-bond acceptors (Lipinski definition) is 4. The van der Waals surface area contributed by atoms with Gasteiger partial charge in [0.1, 0.15) is 0 Å².